The molecule has 6 heteroatoms. The van der Waals surface area contributed by atoms with E-state index in [2.05, 4.69) is 10.6 Å². The van der Waals surface area contributed by atoms with E-state index >= 15 is 0 Å². The summed E-state index contributed by atoms with van der Waals surface area (Å²) in [5.41, 5.74) is 1.48. The Balaban J connectivity index is 2.49. The third-order valence-corrected chi connectivity index (χ3v) is 2.83. The molecule has 1 unspecified atom stereocenters. The first kappa shape index (κ1) is 14.3. The van der Waals surface area contributed by atoms with Crippen LogP contribution in [-0.2, 0) is 4.79 Å². The van der Waals surface area contributed by atoms with Gasteiger partial charge in [0.15, 0.2) is 0 Å². The van der Waals surface area contributed by atoms with Crippen LogP contribution in [0.2, 0.25) is 5.02 Å². The molecule has 0 aliphatic heterocycles. The first-order chi connectivity index (χ1) is 8.40. The van der Waals surface area contributed by atoms with Gasteiger partial charge in [0.05, 0.1) is 5.92 Å². The maximum atomic E-state index is 11.5. The van der Waals surface area contributed by atoms with Crippen molar-refractivity contribution >= 4 is 29.3 Å². The minimum Gasteiger partial charge on any atom is -0.481 e. The highest BCUT2D eigenvalue weighted by molar-refractivity contribution is 6.31. The van der Waals surface area contributed by atoms with Crippen LogP contribution < -0.4 is 10.6 Å². The zero-order valence-electron chi connectivity index (χ0n) is 10.2. The summed E-state index contributed by atoms with van der Waals surface area (Å²) >= 11 is 5.92. The summed E-state index contributed by atoms with van der Waals surface area (Å²) in [7, 11) is 0. The molecule has 5 nitrogen and oxygen atoms in total. The lowest BCUT2D eigenvalue weighted by Gasteiger charge is -2.10. The topological polar surface area (TPSA) is 78.4 Å². The first-order valence-electron chi connectivity index (χ1n) is 5.44. The summed E-state index contributed by atoms with van der Waals surface area (Å²) in [6.45, 7) is 3.45. The molecule has 0 aliphatic carbocycles. The molecule has 0 saturated carbocycles. The molecule has 0 aliphatic rings. The number of hydrogen-bond acceptors (Lipinski definition) is 2. The smallest absolute Gasteiger partial charge is 0.319 e. The quantitative estimate of drug-likeness (QED) is 0.786. The van der Waals surface area contributed by atoms with E-state index in [0.29, 0.717) is 10.7 Å². The van der Waals surface area contributed by atoms with E-state index in [1.165, 1.54) is 6.92 Å². The number of hydrogen-bond donors (Lipinski definition) is 3. The van der Waals surface area contributed by atoms with Gasteiger partial charge in [0.2, 0.25) is 0 Å². The van der Waals surface area contributed by atoms with Crippen LogP contribution in [0.3, 0.4) is 0 Å². The van der Waals surface area contributed by atoms with Gasteiger partial charge in [-0.1, -0.05) is 24.6 Å². The van der Waals surface area contributed by atoms with Gasteiger partial charge < -0.3 is 15.7 Å². The van der Waals surface area contributed by atoms with Crippen molar-refractivity contribution in [2.45, 2.75) is 13.8 Å². The van der Waals surface area contributed by atoms with Crippen molar-refractivity contribution in [3.05, 3.63) is 28.8 Å². The molecule has 0 heterocycles. The number of halogens is 1. The molecular formula is C12H15ClN2O3. The van der Waals surface area contributed by atoms with Crippen LogP contribution in [0.15, 0.2) is 18.2 Å². The van der Waals surface area contributed by atoms with Gasteiger partial charge in [-0.25, -0.2) is 4.79 Å². The summed E-state index contributed by atoms with van der Waals surface area (Å²) in [6, 6.07) is 4.69. The van der Waals surface area contributed by atoms with Crippen molar-refractivity contribution in [1.29, 1.82) is 0 Å². The van der Waals surface area contributed by atoms with Gasteiger partial charge in [0, 0.05) is 17.3 Å². The highest BCUT2D eigenvalue weighted by atomic mass is 35.5. The maximum absolute atomic E-state index is 11.5. The van der Waals surface area contributed by atoms with Crippen LogP contribution in [-0.4, -0.2) is 23.7 Å². The van der Waals surface area contributed by atoms with Gasteiger partial charge in [-0.05, 0) is 24.6 Å². The lowest BCUT2D eigenvalue weighted by atomic mass is 10.2. The third-order valence-electron chi connectivity index (χ3n) is 2.42. The zero-order valence-corrected chi connectivity index (χ0v) is 10.9. The number of amides is 2. The number of aliphatic carboxylic acids is 1. The maximum Gasteiger partial charge on any atom is 0.319 e. The SMILES string of the molecule is Cc1ccc(NC(=O)NCC(C)C(=O)O)cc1Cl. The number of aryl methyl sites for hydroxylation is 1. The number of benzene rings is 1. The van der Waals surface area contributed by atoms with Crippen LogP contribution in [0.1, 0.15) is 12.5 Å². The molecular weight excluding hydrogens is 256 g/mol. The Kier molecular flexibility index (Phi) is 4.97. The third kappa shape index (κ3) is 4.25. The second-order valence-electron chi connectivity index (χ2n) is 4.04. The number of rotatable bonds is 4. The molecule has 1 aromatic rings. The highest BCUT2D eigenvalue weighted by Crippen LogP contribution is 2.19. The molecule has 0 spiro atoms. The fraction of sp³-hybridized carbons (Fsp3) is 0.333. The number of carbonyl (C=O) groups excluding carboxylic acids is 1. The van der Waals surface area contributed by atoms with Crippen LogP contribution >= 0.6 is 11.6 Å². The van der Waals surface area contributed by atoms with E-state index in [9.17, 15) is 9.59 Å². The minimum absolute atomic E-state index is 0.0702. The fourth-order valence-electron chi connectivity index (χ4n) is 1.18. The molecule has 1 aromatic carbocycles. The summed E-state index contributed by atoms with van der Waals surface area (Å²) in [5.74, 6) is -1.58. The molecule has 18 heavy (non-hydrogen) atoms. The number of carboxylic acid groups (broad SMARTS) is 1. The summed E-state index contributed by atoms with van der Waals surface area (Å²) in [5, 5.41) is 14.3. The Bertz CT molecular complexity index is 463. The van der Waals surface area contributed by atoms with Crippen molar-refractivity contribution in [2.24, 2.45) is 5.92 Å². The predicted molar refractivity (Wildman–Crippen MR) is 70.0 cm³/mol. The van der Waals surface area contributed by atoms with Gasteiger partial charge in [0.1, 0.15) is 0 Å². The Hall–Kier alpha value is -1.75. The van der Waals surface area contributed by atoms with Crippen LogP contribution in [0.5, 0.6) is 0 Å². The molecule has 0 bridgehead atoms. The van der Waals surface area contributed by atoms with E-state index in [4.69, 9.17) is 16.7 Å². The largest absolute Gasteiger partial charge is 0.481 e. The second-order valence-corrected chi connectivity index (χ2v) is 4.45. The number of nitrogens with one attached hydrogen (secondary N) is 2. The molecule has 0 fully saturated rings. The molecule has 0 radical (unpaired) electrons. The van der Waals surface area contributed by atoms with Gasteiger partial charge >= 0.3 is 12.0 Å². The van der Waals surface area contributed by atoms with E-state index in [0.717, 1.165) is 5.56 Å². The number of carboxylic acids is 1. The monoisotopic (exact) mass is 270 g/mol. The molecule has 3 N–H and O–H groups in total. The molecule has 2 amide bonds. The normalized spacial score (nSPS) is 11.7. The Morgan fingerprint density at radius 2 is 2.11 bits per heavy atom. The number of carbonyl (C=O) groups is 2. The van der Waals surface area contributed by atoms with Gasteiger partial charge in [0.25, 0.3) is 0 Å². The average molecular weight is 271 g/mol. The summed E-state index contributed by atoms with van der Waals surface area (Å²) < 4.78 is 0. The number of urea groups is 1. The number of anilines is 1. The van der Waals surface area contributed by atoms with Gasteiger partial charge in [-0.2, -0.15) is 0 Å². The minimum atomic E-state index is -0.950. The van der Waals surface area contributed by atoms with Crippen molar-refractivity contribution < 1.29 is 14.7 Å². The Morgan fingerprint density at radius 3 is 2.67 bits per heavy atom. The molecule has 98 valence electrons. The fourth-order valence-corrected chi connectivity index (χ4v) is 1.36. The summed E-state index contributed by atoms with van der Waals surface area (Å²) in [6.07, 6.45) is 0. The van der Waals surface area contributed by atoms with Crippen LogP contribution in [0.25, 0.3) is 0 Å². The molecule has 1 rings (SSSR count). The zero-order chi connectivity index (χ0) is 13.7. The molecule has 0 saturated heterocycles. The Labute approximate surface area is 110 Å². The summed E-state index contributed by atoms with van der Waals surface area (Å²) in [4.78, 5) is 22.0. The van der Waals surface area contributed by atoms with Crippen molar-refractivity contribution in [1.82, 2.24) is 5.32 Å². The van der Waals surface area contributed by atoms with Crippen molar-refractivity contribution in [2.75, 3.05) is 11.9 Å². The Morgan fingerprint density at radius 1 is 1.44 bits per heavy atom. The predicted octanol–water partition coefficient (Wildman–Crippen LogP) is 2.49. The van der Waals surface area contributed by atoms with Crippen LogP contribution in [0, 0.1) is 12.8 Å². The van der Waals surface area contributed by atoms with E-state index in [1.807, 2.05) is 6.92 Å². The van der Waals surface area contributed by atoms with E-state index in [1.54, 1.807) is 18.2 Å². The molecule has 0 aromatic heterocycles. The van der Waals surface area contributed by atoms with Gasteiger partial charge in [-0.15, -0.1) is 0 Å². The first-order valence-corrected chi connectivity index (χ1v) is 5.81. The average Bonchev–Trinajstić information content (AvgIpc) is 2.30. The second kappa shape index (κ2) is 6.26. The van der Waals surface area contributed by atoms with E-state index < -0.39 is 17.9 Å². The standard InChI is InChI=1S/C12H15ClN2O3/c1-7-3-4-9(5-10(7)13)15-12(18)14-6-8(2)11(16)17/h3-5,8H,6H2,1-2H3,(H,16,17)(H2,14,15,18). The van der Waals surface area contributed by atoms with Crippen molar-refractivity contribution in [3.63, 3.8) is 0 Å². The van der Waals surface area contributed by atoms with Gasteiger partial charge in [-0.3, -0.25) is 4.79 Å². The lowest BCUT2D eigenvalue weighted by molar-refractivity contribution is -0.140. The van der Waals surface area contributed by atoms with Crippen LogP contribution in [0.4, 0.5) is 10.5 Å². The molecule has 1 atom stereocenters. The highest BCUT2D eigenvalue weighted by Gasteiger charge is 2.12. The van der Waals surface area contributed by atoms with E-state index in [-0.39, 0.29) is 6.54 Å². The lowest BCUT2D eigenvalue weighted by Crippen LogP contribution is -2.34. The van der Waals surface area contributed by atoms with Crippen molar-refractivity contribution in [3.8, 4) is 0 Å².